The molecule has 0 aliphatic heterocycles. The minimum Gasteiger partial charge on any atom is -0.357 e. The van der Waals surface area contributed by atoms with Gasteiger partial charge in [0, 0.05) is 26.6 Å². The van der Waals surface area contributed by atoms with Gasteiger partial charge in [-0.15, -0.1) is 0 Å². The van der Waals surface area contributed by atoms with Gasteiger partial charge >= 0.3 is 0 Å². The molecule has 2 aromatic carbocycles. The highest BCUT2D eigenvalue weighted by Crippen LogP contribution is 2.20. The third-order valence-electron chi connectivity index (χ3n) is 5.67. The van der Waals surface area contributed by atoms with Crippen LogP contribution in [0, 0.1) is 6.92 Å². The summed E-state index contributed by atoms with van der Waals surface area (Å²) in [6, 6.07) is 14.6. The van der Waals surface area contributed by atoms with Crippen molar-refractivity contribution < 1.29 is 18.0 Å². The van der Waals surface area contributed by atoms with Crippen LogP contribution in [0.4, 0.5) is 5.69 Å². The number of benzene rings is 2. The van der Waals surface area contributed by atoms with Crippen LogP contribution in [-0.2, 0) is 32.6 Å². The maximum absolute atomic E-state index is 13.1. The quantitative estimate of drug-likeness (QED) is 0.543. The third kappa shape index (κ3) is 7.60. The van der Waals surface area contributed by atoms with Gasteiger partial charge in [-0.1, -0.05) is 48.9 Å². The van der Waals surface area contributed by atoms with Crippen molar-refractivity contribution in [2.75, 3.05) is 24.2 Å². The highest BCUT2D eigenvalue weighted by Gasteiger charge is 2.26. The van der Waals surface area contributed by atoms with Crippen molar-refractivity contribution in [2.24, 2.45) is 0 Å². The van der Waals surface area contributed by atoms with Gasteiger partial charge in [0.25, 0.3) is 0 Å². The van der Waals surface area contributed by atoms with Crippen molar-refractivity contribution in [1.82, 2.24) is 10.2 Å². The van der Waals surface area contributed by atoms with Gasteiger partial charge < -0.3 is 10.2 Å². The monoisotopic (exact) mass is 473 g/mol. The highest BCUT2D eigenvalue weighted by atomic mass is 32.2. The van der Waals surface area contributed by atoms with E-state index in [0.717, 1.165) is 23.1 Å². The normalized spacial score (nSPS) is 12.2. The molecular weight excluding hydrogens is 438 g/mol. The molecule has 2 aromatic rings. The predicted molar refractivity (Wildman–Crippen MR) is 133 cm³/mol. The third-order valence-corrected chi connectivity index (χ3v) is 6.87. The van der Waals surface area contributed by atoms with Gasteiger partial charge in [0.1, 0.15) is 6.04 Å². The summed E-state index contributed by atoms with van der Waals surface area (Å²) in [6.07, 6.45) is 2.51. The number of hydrogen-bond acceptors (Lipinski definition) is 4. The zero-order valence-corrected chi connectivity index (χ0v) is 21.0. The molecule has 0 fully saturated rings. The first-order chi connectivity index (χ1) is 15.6. The lowest BCUT2D eigenvalue weighted by Crippen LogP contribution is -2.46. The van der Waals surface area contributed by atoms with E-state index in [9.17, 15) is 18.0 Å². The van der Waals surface area contributed by atoms with Crippen LogP contribution in [0.2, 0.25) is 0 Å². The summed E-state index contributed by atoms with van der Waals surface area (Å²) in [7, 11) is -1.95. The molecule has 0 bridgehead atoms. The summed E-state index contributed by atoms with van der Waals surface area (Å²) < 4.78 is 26.1. The van der Waals surface area contributed by atoms with Crippen molar-refractivity contribution in [1.29, 1.82) is 0 Å². The van der Waals surface area contributed by atoms with Gasteiger partial charge in [-0.2, -0.15) is 0 Å². The Balaban J connectivity index is 2.12. The predicted octanol–water partition coefficient (Wildman–Crippen LogP) is 3.27. The van der Waals surface area contributed by atoms with Crippen molar-refractivity contribution >= 4 is 27.5 Å². The number of hydrogen-bond donors (Lipinski definition) is 1. The van der Waals surface area contributed by atoms with Crippen LogP contribution in [0.15, 0.2) is 48.5 Å². The van der Waals surface area contributed by atoms with E-state index in [2.05, 4.69) is 5.32 Å². The number of nitrogens with zero attached hydrogens (tertiary/aromatic N) is 2. The molecule has 0 aromatic heterocycles. The minimum atomic E-state index is -3.50. The lowest BCUT2D eigenvalue weighted by Gasteiger charge is -2.29. The first-order valence-corrected chi connectivity index (χ1v) is 13.0. The van der Waals surface area contributed by atoms with E-state index >= 15 is 0 Å². The summed E-state index contributed by atoms with van der Waals surface area (Å²) >= 11 is 0. The molecule has 2 amide bonds. The Labute approximate surface area is 197 Å². The van der Waals surface area contributed by atoms with E-state index in [4.69, 9.17) is 0 Å². The van der Waals surface area contributed by atoms with Crippen LogP contribution in [0.25, 0.3) is 0 Å². The fourth-order valence-electron chi connectivity index (χ4n) is 3.58. The summed E-state index contributed by atoms with van der Waals surface area (Å²) in [6.45, 7) is 6.22. The molecule has 0 aliphatic carbocycles. The summed E-state index contributed by atoms with van der Waals surface area (Å²) in [5, 5.41) is 2.60. The van der Waals surface area contributed by atoms with Crippen LogP contribution >= 0.6 is 0 Å². The molecule has 0 saturated heterocycles. The molecule has 0 aliphatic rings. The second-order valence-electron chi connectivity index (χ2n) is 8.26. The molecule has 8 heteroatoms. The fraction of sp³-hybridized carbons (Fsp3) is 0.440. The standard InChI is InChI=1S/C25H35N3O4S/c1-6-21-13-15-23(16-14-21)28(33(5,31)32)17-7-8-24(29)27(20(3)25(30)26-4)18-22-11-9-19(2)10-12-22/h9-16,20H,6-8,17-18H2,1-5H3,(H,26,30). The number of carbonyl (C=O) groups is 2. The fourth-order valence-corrected chi connectivity index (χ4v) is 4.55. The van der Waals surface area contributed by atoms with Gasteiger partial charge in [-0.3, -0.25) is 13.9 Å². The average molecular weight is 474 g/mol. The number of carbonyl (C=O) groups excluding carboxylic acids is 2. The highest BCUT2D eigenvalue weighted by molar-refractivity contribution is 7.92. The Hall–Kier alpha value is -2.87. The van der Waals surface area contributed by atoms with E-state index < -0.39 is 16.1 Å². The molecule has 33 heavy (non-hydrogen) atoms. The topological polar surface area (TPSA) is 86.8 Å². The van der Waals surface area contributed by atoms with E-state index in [-0.39, 0.29) is 24.8 Å². The summed E-state index contributed by atoms with van der Waals surface area (Å²) in [5.74, 6) is -0.439. The Morgan fingerprint density at radius 3 is 2.09 bits per heavy atom. The van der Waals surface area contributed by atoms with Gasteiger partial charge in [-0.05, 0) is 49.9 Å². The van der Waals surface area contributed by atoms with E-state index in [1.54, 1.807) is 31.0 Å². The second-order valence-corrected chi connectivity index (χ2v) is 10.2. The second kappa shape index (κ2) is 11.8. The van der Waals surface area contributed by atoms with Gasteiger partial charge in [0.2, 0.25) is 21.8 Å². The average Bonchev–Trinajstić information content (AvgIpc) is 2.79. The van der Waals surface area contributed by atoms with Crippen molar-refractivity contribution in [3.8, 4) is 0 Å². The molecule has 2 rings (SSSR count). The number of amides is 2. The summed E-state index contributed by atoms with van der Waals surface area (Å²) in [4.78, 5) is 26.9. The lowest BCUT2D eigenvalue weighted by atomic mass is 10.1. The lowest BCUT2D eigenvalue weighted by molar-refractivity contribution is -0.140. The maximum Gasteiger partial charge on any atom is 0.242 e. The molecule has 0 radical (unpaired) electrons. The van der Waals surface area contributed by atoms with Crippen molar-refractivity contribution in [3.05, 3.63) is 65.2 Å². The number of rotatable bonds is 11. The van der Waals surface area contributed by atoms with Crippen LogP contribution in [0.5, 0.6) is 0 Å². The zero-order valence-electron chi connectivity index (χ0n) is 20.2. The molecule has 0 heterocycles. The van der Waals surface area contributed by atoms with Crippen LogP contribution in [-0.4, -0.2) is 51.0 Å². The number of aryl methyl sites for hydroxylation is 2. The minimum absolute atomic E-state index is 0.131. The molecule has 7 nitrogen and oxygen atoms in total. The van der Waals surface area contributed by atoms with Crippen molar-refractivity contribution in [2.45, 2.75) is 52.6 Å². The van der Waals surface area contributed by atoms with Crippen LogP contribution < -0.4 is 9.62 Å². The molecule has 180 valence electrons. The van der Waals surface area contributed by atoms with Gasteiger partial charge in [0.05, 0.1) is 11.9 Å². The van der Waals surface area contributed by atoms with Crippen LogP contribution in [0.1, 0.15) is 43.4 Å². The Morgan fingerprint density at radius 2 is 1.58 bits per heavy atom. The van der Waals surface area contributed by atoms with Gasteiger partial charge in [-0.25, -0.2) is 8.42 Å². The van der Waals surface area contributed by atoms with E-state index in [1.807, 2.05) is 50.2 Å². The Bertz CT molecular complexity index is 1030. The van der Waals surface area contributed by atoms with Crippen LogP contribution in [0.3, 0.4) is 0 Å². The smallest absolute Gasteiger partial charge is 0.242 e. The zero-order chi connectivity index (χ0) is 24.6. The molecule has 1 unspecified atom stereocenters. The number of nitrogens with one attached hydrogen (secondary N) is 1. The Morgan fingerprint density at radius 1 is 1.00 bits per heavy atom. The molecule has 1 atom stereocenters. The maximum atomic E-state index is 13.1. The number of likely N-dealkylation sites (N-methyl/N-ethyl adjacent to an activating group) is 1. The van der Waals surface area contributed by atoms with E-state index in [1.165, 1.54) is 10.6 Å². The first-order valence-electron chi connectivity index (χ1n) is 11.2. The molecule has 1 N–H and O–H groups in total. The number of sulfonamides is 1. The number of anilines is 1. The molecule has 0 saturated carbocycles. The molecule has 0 spiro atoms. The SMILES string of the molecule is CCc1ccc(N(CCCC(=O)N(Cc2ccc(C)cc2)C(C)C(=O)NC)S(C)(=O)=O)cc1. The van der Waals surface area contributed by atoms with Gasteiger partial charge in [0.15, 0.2) is 0 Å². The first kappa shape index (κ1) is 26.4. The van der Waals surface area contributed by atoms with E-state index in [0.29, 0.717) is 18.7 Å². The largest absolute Gasteiger partial charge is 0.357 e. The van der Waals surface area contributed by atoms with Crippen molar-refractivity contribution in [3.63, 3.8) is 0 Å². The molecular formula is C25H35N3O4S. The Kier molecular flexibility index (Phi) is 9.46. The summed E-state index contributed by atoms with van der Waals surface area (Å²) in [5.41, 5.74) is 3.75.